The first-order chi connectivity index (χ1) is 5.40. The van der Waals surface area contributed by atoms with E-state index in [0.717, 1.165) is 6.42 Å². The van der Waals surface area contributed by atoms with E-state index in [0.29, 0.717) is 6.54 Å². The van der Waals surface area contributed by atoms with E-state index in [-0.39, 0.29) is 17.2 Å². The van der Waals surface area contributed by atoms with Crippen LogP contribution in [0.1, 0.15) is 27.2 Å². The highest BCUT2D eigenvalue weighted by Crippen LogP contribution is 2.23. The van der Waals surface area contributed by atoms with Crippen LogP contribution < -0.4 is 17.0 Å². The molecule has 0 aliphatic carbocycles. The Morgan fingerprint density at radius 1 is 1.50 bits per heavy atom. The number of nitrogens with two attached hydrogens (primary N) is 2. The largest absolute Gasteiger partial charge is 0.330 e. The van der Waals surface area contributed by atoms with Gasteiger partial charge in [-0.15, -0.1) is 0 Å². The number of carbonyl (C=O) groups excluding carboxylic acids is 1. The lowest BCUT2D eigenvalue weighted by atomic mass is 9.84. The Morgan fingerprint density at radius 3 is 2.25 bits per heavy atom. The van der Waals surface area contributed by atoms with Crippen molar-refractivity contribution in [3.8, 4) is 0 Å². The fourth-order valence-electron chi connectivity index (χ4n) is 1.14. The van der Waals surface area contributed by atoms with Gasteiger partial charge in [0.15, 0.2) is 0 Å². The van der Waals surface area contributed by atoms with E-state index in [9.17, 15) is 4.79 Å². The summed E-state index contributed by atoms with van der Waals surface area (Å²) in [6, 6.07) is 0. The van der Waals surface area contributed by atoms with Crippen molar-refractivity contribution in [1.82, 2.24) is 5.43 Å². The summed E-state index contributed by atoms with van der Waals surface area (Å²) < 4.78 is 0. The van der Waals surface area contributed by atoms with E-state index >= 15 is 0 Å². The first-order valence-electron chi connectivity index (χ1n) is 4.11. The zero-order valence-corrected chi connectivity index (χ0v) is 8.05. The van der Waals surface area contributed by atoms with Gasteiger partial charge in [0.05, 0.1) is 5.92 Å². The first kappa shape index (κ1) is 11.4. The van der Waals surface area contributed by atoms with Gasteiger partial charge < -0.3 is 5.73 Å². The molecular formula is C8H19N3O. The molecule has 0 radical (unpaired) electrons. The third-order valence-electron chi connectivity index (χ3n) is 1.66. The second-order valence-electron chi connectivity index (χ2n) is 4.21. The Morgan fingerprint density at radius 2 is 2.00 bits per heavy atom. The van der Waals surface area contributed by atoms with Crippen molar-refractivity contribution < 1.29 is 4.79 Å². The predicted octanol–water partition coefficient (Wildman–Crippen LogP) is -0.0126. The number of carbonyl (C=O) groups is 1. The average molecular weight is 173 g/mol. The molecule has 0 fully saturated rings. The molecule has 0 aromatic rings. The maximum absolute atomic E-state index is 11.1. The Balaban J connectivity index is 4.09. The molecular weight excluding hydrogens is 154 g/mol. The summed E-state index contributed by atoms with van der Waals surface area (Å²) in [4.78, 5) is 11.1. The standard InChI is InChI=1S/C8H19N3O/c1-8(2,3)4-6(5-9)7(12)11-10/h6H,4-5,9-10H2,1-3H3,(H,11,12). The van der Waals surface area contributed by atoms with Crippen LogP contribution in [-0.4, -0.2) is 12.5 Å². The van der Waals surface area contributed by atoms with Crippen molar-refractivity contribution in [1.29, 1.82) is 0 Å². The van der Waals surface area contributed by atoms with Crippen LogP contribution in [-0.2, 0) is 4.79 Å². The molecule has 0 aromatic heterocycles. The monoisotopic (exact) mass is 173 g/mol. The van der Waals surface area contributed by atoms with E-state index < -0.39 is 0 Å². The van der Waals surface area contributed by atoms with Gasteiger partial charge in [-0.05, 0) is 11.8 Å². The zero-order valence-electron chi connectivity index (χ0n) is 8.05. The molecule has 4 nitrogen and oxygen atoms in total. The van der Waals surface area contributed by atoms with E-state index in [4.69, 9.17) is 11.6 Å². The van der Waals surface area contributed by atoms with Gasteiger partial charge in [0.1, 0.15) is 0 Å². The SMILES string of the molecule is CC(C)(C)CC(CN)C(=O)NN. The van der Waals surface area contributed by atoms with Crippen molar-refractivity contribution in [2.24, 2.45) is 22.9 Å². The summed E-state index contributed by atoms with van der Waals surface area (Å²) >= 11 is 0. The van der Waals surface area contributed by atoms with Gasteiger partial charge in [-0.2, -0.15) is 0 Å². The lowest BCUT2D eigenvalue weighted by Gasteiger charge is -2.23. The highest BCUT2D eigenvalue weighted by Gasteiger charge is 2.22. The van der Waals surface area contributed by atoms with E-state index in [1.54, 1.807) is 0 Å². The van der Waals surface area contributed by atoms with E-state index in [1.165, 1.54) is 0 Å². The summed E-state index contributed by atoms with van der Waals surface area (Å²) in [5.74, 6) is 4.67. The van der Waals surface area contributed by atoms with Gasteiger partial charge in [-0.1, -0.05) is 20.8 Å². The van der Waals surface area contributed by atoms with Crippen molar-refractivity contribution >= 4 is 5.91 Å². The molecule has 4 heteroatoms. The lowest BCUT2D eigenvalue weighted by molar-refractivity contribution is -0.125. The fourth-order valence-corrected chi connectivity index (χ4v) is 1.14. The fraction of sp³-hybridized carbons (Fsp3) is 0.875. The van der Waals surface area contributed by atoms with Crippen LogP contribution >= 0.6 is 0 Å². The number of hydrogen-bond acceptors (Lipinski definition) is 3. The van der Waals surface area contributed by atoms with Crippen LogP contribution in [0.2, 0.25) is 0 Å². The summed E-state index contributed by atoms with van der Waals surface area (Å²) in [5.41, 5.74) is 7.67. The molecule has 0 bridgehead atoms. The normalized spacial score (nSPS) is 14.1. The van der Waals surface area contributed by atoms with Gasteiger partial charge in [-0.25, -0.2) is 5.84 Å². The minimum atomic E-state index is -0.174. The minimum Gasteiger partial charge on any atom is -0.330 e. The van der Waals surface area contributed by atoms with Gasteiger partial charge in [0, 0.05) is 6.54 Å². The predicted molar refractivity (Wildman–Crippen MR) is 48.9 cm³/mol. The second-order valence-corrected chi connectivity index (χ2v) is 4.21. The van der Waals surface area contributed by atoms with Gasteiger partial charge >= 0.3 is 0 Å². The molecule has 0 rings (SSSR count). The second kappa shape index (κ2) is 4.42. The van der Waals surface area contributed by atoms with Crippen LogP contribution in [0.25, 0.3) is 0 Å². The summed E-state index contributed by atoms with van der Waals surface area (Å²) in [7, 11) is 0. The summed E-state index contributed by atoms with van der Waals surface area (Å²) in [6.45, 7) is 6.55. The maximum Gasteiger partial charge on any atom is 0.238 e. The highest BCUT2D eigenvalue weighted by atomic mass is 16.2. The summed E-state index contributed by atoms with van der Waals surface area (Å²) in [6.07, 6.45) is 0.756. The van der Waals surface area contributed by atoms with Crippen LogP contribution in [0.4, 0.5) is 0 Å². The molecule has 0 spiro atoms. The Kier molecular flexibility index (Phi) is 4.20. The van der Waals surface area contributed by atoms with Crippen molar-refractivity contribution in [3.63, 3.8) is 0 Å². The summed E-state index contributed by atoms with van der Waals surface area (Å²) in [5, 5.41) is 0. The van der Waals surface area contributed by atoms with Crippen molar-refractivity contribution in [2.75, 3.05) is 6.54 Å². The number of hydrogen-bond donors (Lipinski definition) is 3. The number of rotatable bonds is 3. The molecule has 72 valence electrons. The Bertz CT molecular complexity index is 151. The van der Waals surface area contributed by atoms with E-state index in [2.05, 4.69) is 26.2 Å². The number of hydrazine groups is 1. The van der Waals surface area contributed by atoms with Crippen LogP contribution in [0.15, 0.2) is 0 Å². The van der Waals surface area contributed by atoms with Gasteiger partial charge in [0.25, 0.3) is 0 Å². The third kappa shape index (κ3) is 4.31. The molecule has 0 saturated heterocycles. The zero-order chi connectivity index (χ0) is 9.78. The smallest absolute Gasteiger partial charge is 0.238 e. The first-order valence-corrected chi connectivity index (χ1v) is 4.11. The molecule has 12 heavy (non-hydrogen) atoms. The van der Waals surface area contributed by atoms with Gasteiger partial charge in [-0.3, -0.25) is 10.2 Å². The number of nitrogens with one attached hydrogen (secondary N) is 1. The molecule has 1 unspecified atom stereocenters. The van der Waals surface area contributed by atoms with Gasteiger partial charge in [0.2, 0.25) is 5.91 Å². The molecule has 0 saturated carbocycles. The van der Waals surface area contributed by atoms with Crippen LogP contribution in [0.5, 0.6) is 0 Å². The third-order valence-corrected chi connectivity index (χ3v) is 1.66. The van der Waals surface area contributed by atoms with Crippen LogP contribution in [0, 0.1) is 11.3 Å². The molecule has 1 atom stereocenters. The number of amides is 1. The molecule has 0 heterocycles. The van der Waals surface area contributed by atoms with Crippen molar-refractivity contribution in [2.45, 2.75) is 27.2 Å². The van der Waals surface area contributed by atoms with Crippen molar-refractivity contribution in [3.05, 3.63) is 0 Å². The maximum atomic E-state index is 11.1. The lowest BCUT2D eigenvalue weighted by Crippen LogP contribution is -2.40. The molecule has 5 N–H and O–H groups in total. The minimum absolute atomic E-state index is 0.108. The molecule has 0 aromatic carbocycles. The highest BCUT2D eigenvalue weighted by molar-refractivity contribution is 5.78. The molecule has 0 aliphatic rings. The molecule has 0 aliphatic heterocycles. The van der Waals surface area contributed by atoms with E-state index in [1.807, 2.05) is 0 Å². The average Bonchev–Trinajstić information content (AvgIpc) is 1.97. The van der Waals surface area contributed by atoms with Crippen LogP contribution in [0.3, 0.4) is 0 Å². The Labute approximate surface area is 73.7 Å². The Hall–Kier alpha value is -0.610. The topological polar surface area (TPSA) is 81.1 Å². The molecule has 1 amide bonds. The quantitative estimate of drug-likeness (QED) is 0.319.